The molecule has 37 heavy (non-hydrogen) atoms. The minimum Gasteiger partial charge on any atom is -0.481 e. The molecule has 1 aliphatic heterocycles. The van der Waals surface area contributed by atoms with E-state index < -0.39 is 89.9 Å². The first-order valence-electron chi connectivity index (χ1n) is 13.5. The number of carboxylic acids is 1. The lowest BCUT2D eigenvalue weighted by Gasteiger charge is -2.66. The van der Waals surface area contributed by atoms with E-state index in [0.29, 0.717) is 32.1 Å². The van der Waals surface area contributed by atoms with E-state index in [1.54, 1.807) is 6.92 Å². The topological polar surface area (TPSA) is 197 Å². The summed E-state index contributed by atoms with van der Waals surface area (Å²) in [6.07, 6.45) is -6.18. The molecule has 1 spiro atoms. The van der Waals surface area contributed by atoms with Crippen LogP contribution in [0, 0.1) is 34.0 Å². The number of rotatable bonds is 5. The number of ether oxygens (including phenoxy) is 2. The summed E-state index contributed by atoms with van der Waals surface area (Å²) in [5.41, 5.74) is -3.84. The third-order valence-electron chi connectivity index (χ3n) is 11.3. The van der Waals surface area contributed by atoms with E-state index in [2.05, 4.69) is 0 Å². The average molecular weight is 531 g/mol. The van der Waals surface area contributed by atoms with Gasteiger partial charge in [0, 0.05) is 11.3 Å². The molecule has 0 amide bonds. The summed E-state index contributed by atoms with van der Waals surface area (Å²) < 4.78 is 11.8. The molecule has 1 heterocycles. The van der Waals surface area contributed by atoms with Crippen molar-refractivity contribution in [2.75, 3.05) is 13.2 Å². The van der Waals surface area contributed by atoms with Crippen LogP contribution in [0.3, 0.4) is 0 Å². The maximum atomic E-state index is 12.4. The second kappa shape index (κ2) is 9.07. The zero-order chi connectivity index (χ0) is 27.1. The van der Waals surface area contributed by atoms with Crippen LogP contribution in [0.4, 0.5) is 0 Å². The number of carbonyl (C=O) groups is 1. The van der Waals surface area contributed by atoms with Crippen molar-refractivity contribution >= 4 is 5.97 Å². The van der Waals surface area contributed by atoms with Crippen LogP contribution < -0.4 is 0 Å². The van der Waals surface area contributed by atoms with Gasteiger partial charge in [-0.15, -0.1) is 0 Å². The van der Waals surface area contributed by atoms with Crippen molar-refractivity contribution in [1.29, 1.82) is 0 Å². The van der Waals surface area contributed by atoms with E-state index in [-0.39, 0.29) is 18.3 Å². The van der Waals surface area contributed by atoms with Crippen molar-refractivity contribution < 1.29 is 55.1 Å². The Bertz CT molecular complexity index is 900. The predicted molar refractivity (Wildman–Crippen MR) is 126 cm³/mol. The number of aliphatic hydroxyl groups is 7. The summed E-state index contributed by atoms with van der Waals surface area (Å²) in [7, 11) is 0. The van der Waals surface area contributed by atoms with Crippen LogP contribution in [0.25, 0.3) is 0 Å². The third kappa shape index (κ3) is 3.62. The van der Waals surface area contributed by atoms with Crippen LogP contribution in [0.5, 0.6) is 0 Å². The number of aliphatic hydroxyl groups excluding tert-OH is 7. The maximum Gasteiger partial charge on any atom is 0.309 e. The number of carboxylic acid groups (broad SMARTS) is 1. The molecule has 5 fully saturated rings. The first kappa shape index (κ1) is 27.7. The second-order valence-corrected chi connectivity index (χ2v) is 13.0. The lowest BCUT2D eigenvalue weighted by molar-refractivity contribution is -0.335. The fraction of sp³-hybridized carbons (Fsp3) is 0.962. The monoisotopic (exact) mass is 530 g/mol. The summed E-state index contributed by atoms with van der Waals surface area (Å²) in [5.74, 6) is -1.98. The highest BCUT2D eigenvalue weighted by Gasteiger charge is 2.74. The van der Waals surface area contributed by atoms with Crippen molar-refractivity contribution in [2.24, 2.45) is 34.0 Å². The van der Waals surface area contributed by atoms with Gasteiger partial charge in [0.05, 0.1) is 36.4 Å². The molecule has 11 heteroatoms. The van der Waals surface area contributed by atoms with Gasteiger partial charge in [-0.3, -0.25) is 4.79 Å². The molecular formula is C26H42O11. The van der Waals surface area contributed by atoms with Gasteiger partial charge in [-0.1, -0.05) is 13.3 Å². The van der Waals surface area contributed by atoms with Crippen LogP contribution in [-0.4, -0.2) is 109 Å². The lowest BCUT2D eigenvalue weighted by atomic mass is 9.39. The Morgan fingerprint density at radius 1 is 0.973 bits per heavy atom. The van der Waals surface area contributed by atoms with Crippen LogP contribution >= 0.6 is 0 Å². The highest BCUT2D eigenvalue weighted by Crippen LogP contribution is 2.73. The van der Waals surface area contributed by atoms with Gasteiger partial charge in [0.2, 0.25) is 0 Å². The molecule has 0 aromatic rings. The van der Waals surface area contributed by atoms with E-state index in [1.807, 2.05) is 6.92 Å². The van der Waals surface area contributed by atoms with Crippen molar-refractivity contribution in [1.82, 2.24) is 0 Å². The number of fused-ring (bicyclic) bond motifs is 3. The quantitative estimate of drug-likeness (QED) is 0.216. The molecule has 5 rings (SSSR count). The van der Waals surface area contributed by atoms with Crippen LogP contribution in [0.2, 0.25) is 0 Å². The molecule has 11 nitrogen and oxygen atoms in total. The van der Waals surface area contributed by atoms with E-state index in [4.69, 9.17) is 9.47 Å². The zero-order valence-corrected chi connectivity index (χ0v) is 21.4. The Morgan fingerprint density at radius 3 is 2.30 bits per heavy atom. The highest BCUT2D eigenvalue weighted by molar-refractivity contribution is 5.75. The number of aliphatic carboxylic acids is 1. The van der Waals surface area contributed by atoms with E-state index in [9.17, 15) is 45.6 Å². The smallest absolute Gasteiger partial charge is 0.309 e. The Kier molecular flexibility index (Phi) is 6.78. The van der Waals surface area contributed by atoms with Crippen LogP contribution in [0.1, 0.15) is 58.8 Å². The molecule has 0 aromatic heterocycles. The van der Waals surface area contributed by atoms with Crippen LogP contribution in [0.15, 0.2) is 0 Å². The Balaban J connectivity index is 1.50. The molecule has 212 valence electrons. The normalized spacial score (nSPS) is 57.4. The molecule has 0 unspecified atom stereocenters. The molecule has 4 aliphatic carbocycles. The Labute approximate surface area is 216 Å². The van der Waals surface area contributed by atoms with Crippen molar-refractivity contribution in [2.45, 2.75) is 107 Å². The van der Waals surface area contributed by atoms with Gasteiger partial charge in [-0.05, 0) is 62.7 Å². The predicted octanol–water partition coefficient (Wildman–Crippen LogP) is -1.03. The van der Waals surface area contributed by atoms with Crippen molar-refractivity contribution in [3.8, 4) is 0 Å². The highest BCUT2D eigenvalue weighted by atomic mass is 16.7. The van der Waals surface area contributed by atoms with Crippen molar-refractivity contribution in [3.05, 3.63) is 0 Å². The second-order valence-electron chi connectivity index (χ2n) is 13.0. The molecule has 14 atom stereocenters. The Hall–Kier alpha value is -0.890. The van der Waals surface area contributed by atoms with E-state index in [0.717, 1.165) is 6.42 Å². The van der Waals surface area contributed by atoms with Gasteiger partial charge in [0.15, 0.2) is 6.29 Å². The van der Waals surface area contributed by atoms with Gasteiger partial charge in [0.1, 0.15) is 24.4 Å². The molecule has 0 aromatic carbocycles. The molecule has 4 saturated carbocycles. The van der Waals surface area contributed by atoms with Crippen molar-refractivity contribution in [3.63, 3.8) is 0 Å². The third-order valence-corrected chi connectivity index (χ3v) is 11.3. The minimum absolute atomic E-state index is 0.120. The van der Waals surface area contributed by atoms with Gasteiger partial charge in [-0.2, -0.15) is 0 Å². The molecule has 5 aliphatic rings. The average Bonchev–Trinajstić information content (AvgIpc) is 3.10. The maximum absolute atomic E-state index is 12.4. The Morgan fingerprint density at radius 2 is 1.68 bits per heavy atom. The summed E-state index contributed by atoms with van der Waals surface area (Å²) in [5, 5.41) is 84.6. The largest absolute Gasteiger partial charge is 0.481 e. The fourth-order valence-electron chi connectivity index (χ4n) is 9.67. The molecule has 0 radical (unpaired) electrons. The van der Waals surface area contributed by atoms with E-state index >= 15 is 0 Å². The summed E-state index contributed by atoms with van der Waals surface area (Å²) in [6.45, 7) is 2.64. The van der Waals surface area contributed by atoms with Gasteiger partial charge in [0.25, 0.3) is 0 Å². The number of hydrogen-bond acceptors (Lipinski definition) is 10. The number of hydrogen-bond donors (Lipinski definition) is 8. The molecular weight excluding hydrogens is 488 g/mol. The lowest BCUT2D eigenvalue weighted by Crippen LogP contribution is -2.69. The molecule has 8 N–H and O–H groups in total. The van der Waals surface area contributed by atoms with E-state index in [1.165, 1.54) is 0 Å². The first-order valence-corrected chi connectivity index (χ1v) is 13.5. The van der Waals surface area contributed by atoms with Gasteiger partial charge < -0.3 is 50.3 Å². The first-order chi connectivity index (χ1) is 17.3. The summed E-state index contributed by atoms with van der Waals surface area (Å²) >= 11 is 0. The molecule has 2 bridgehead atoms. The molecule has 1 saturated heterocycles. The summed E-state index contributed by atoms with van der Waals surface area (Å²) in [6, 6.07) is 0. The summed E-state index contributed by atoms with van der Waals surface area (Å²) in [4.78, 5) is 12.4. The minimum atomic E-state index is -1.63. The van der Waals surface area contributed by atoms with Crippen LogP contribution in [-0.2, 0) is 14.3 Å². The van der Waals surface area contributed by atoms with Gasteiger partial charge in [-0.25, -0.2) is 0 Å². The SMILES string of the molecule is C[C@@]12CCC[C@@](C)(C(=O)O)[C@H]1[C@H](O)[C@H](O)[C@@]13C[C@@H](CC[C@@H]21)[C@](CO)(O[C@H]1O[C@@H](CO)[C@H](O)[C@@H](O)[C@@H]1O)C3. The standard InChI is InChI=1S/C26H42O11/c1-23-6-3-7-24(2,22(34)35)19(23)18(32)20(33)25-8-12(4-5-14(23)25)26(10-25,11-28)37-21-17(31)16(30)15(29)13(9-27)36-21/h12-21,27-33H,3-11H2,1-2H3,(H,34,35)/t12-,13+,14+,15+,16-,17+,18+,19+,20+,21-,23+,24-,25-,26+/m1/s1. The fourth-order valence-corrected chi connectivity index (χ4v) is 9.67. The van der Waals surface area contributed by atoms with Gasteiger partial charge >= 0.3 is 5.97 Å². The zero-order valence-electron chi connectivity index (χ0n) is 21.4.